The number of imide groups is 4. The largest absolute Gasteiger partial charge is 0.508 e. The summed E-state index contributed by atoms with van der Waals surface area (Å²) in [6.07, 6.45) is 1.12. The number of fused-ring (bicyclic) bond motifs is 4. The maximum absolute atomic E-state index is 15.0. The van der Waals surface area contributed by atoms with Crippen molar-refractivity contribution in [1.82, 2.24) is 9.91 Å². The molecule has 2 heterocycles. The summed E-state index contributed by atoms with van der Waals surface area (Å²) in [6, 6.07) is 23.1. The molecule has 6 atom stereocenters. The van der Waals surface area contributed by atoms with E-state index in [1.165, 1.54) is 6.07 Å². The number of methoxy groups -OCH3 is 1. The van der Waals surface area contributed by atoms with Gasteiger partial charge in [0.25, 0.3) is 11.8 Å². The number of hydrogen-bond acceptors (Lipinski definition) is 8. The van der Waals surface area contributed by atoms with Gasteiger partial charge in [0.15, 0.2) is 0 Å². The highest BCUT2D eigenvalue weighted by atomic mass is 16.5. The van der Waals surface area contributed by atoms with Crippen molar-refractivity contribution in [3.05, 3.63) is 107 Å². The first-order valence-corrected chi connectivity index (χ1v) is 14.9. The van der Waals surface area contributed by atoms with Crippen LogP contribution in [0.4, 0.5) is 10.5 Å². The van der Waals surface area contributed by atoms with Crippen molar-refractivity contribution in [1.29, 1.82) is 0 Å². The van der Waals surface area contributed by atoms with E-state index in [1.54, 1.807) is 30.3 Å². The number of carbonyl (C=O) groups is 5. The number of allylic oxidation sites excluding steroid dienone is 2. The standard InChI is InChI=1S/C35H31N3O7/c1-19-11-13-22(14-12-19)36-38-31(41)27-18-26-24(15-16-25-28(26)32(42)37(30(25)40)34(44)45-2)29(20-7-6-10-23(39)17-20)35(27,33(38)43)21-8-4-3-5-9-21/h3-15,17,25-29,36,39H,16,18H2,1-2H3/t25-,26+,27-,28-,29-,35+/m0/s1. The number of nitrogens with one attached hydrogen (secondary N) is 1. The van der Waals surface area contributed by atoms with E-state index in [0.717, 1.165) is 23.3 Å². The Morgan fingerprint density at radius 1 is 0.911 bits per heavy atom. The molecule has 228 valence electrons. The van der Waals surface area contributed by atoms with Gasteiger partial charge in [-0.05, 0) is 61.1 Å². The highest BCUT2D eigenvalue weighted by molar-refractivity contribution is 6.16. The second kappa shape index (κ2) is 10.4. The van der Waals surface area contributed by atoms with Gasteiger partial charge in [0.1, 0.15) is 5.75 Å². The van der Waals surface area contributed by atoms with E-state index in [4.69, 9.17) is 4.74 Å². The highest BCUT2D eigenvalue weighted by Crippen LogP contribution is 2.64. The Balaban J connectivity index is 1.44. The highest BCUT2D eigenvalue weighted by Gasteiger charge is 2.70. The zero-order valence-electron chi connectivity index (χ0n) is 24.7. The van der Waals surface area contributed by atoms with Gasteiger partial charge >= 0.3 is 6.09 Å². The zero-order chi connectivity index (χ0) is 31.6. The summed E-state index contributed by atoms with van der Waals surface area (Å²) >= 11 is 0. The van der Waals surface area contributed by atoms with Crippen molar-refractivity contribution in [3.8, 4) is 5.75 Å². The minimum Gasteiger partial charge on any atom is -0.508 e. The predicted molar refractivity (Wildman–Crippen MR) is 161 cm³/mol. The van der Waals surface area contributed by atoms with E-state index in [1.807, 2.05) is 55.5 Å². The molecule has 1 saturated carbocycles. The van der Waals surface area contributed by atoms with Crippen LogP contribution in [-0.4, -0.2) is 51.8 Å². The fraction of sp³-hybridized carbons (Fsp3) is 0.286. The van der Waals surface area contributed by atoms with E-state index in [2.05, 4.69) is 5.43 Å². The Bertz CT molecular complexity index is 1790. The molecule has 2 aliphatic carbocycles. The van der Waals surface area contributed by atoms with E-state index < -0.39 is 64.7 Å². The van der Waals surface area contributed by atoms with Crippen molar-refractivity contribution < 1.29 is 33.8 Å². The zero-order valence-corrected chi connectivity index (χ0v) is 24.7. The Morgan fingerprint density at radius 2 is 1.64 bits per heavy atom. The van der Waals surface area contributed by atoms with Gasteiger partial charge in [-0.1, -0.05) is 71.8 Å². The number of likely N-dealkylation sites (tertiary alicyclic amines) is 1. The first kappa shape index (κ1) is 28.5. The van der Waals surface area contributed by atoms with Crippen LogP contribution in [0.15, 0.2) is 90.5 Å². The molecular weight excluding hydrogens is 574 g/mol. The summed E-state index contributed by atoms with van der Waals surface area (Å²) in [6.45, 7) is 1.94. The lowest BCUT2D eigenvalue weighted by Gasteiger charge is -2.50. The molecule has 7 rings (SSSR count). The number of phenolic OH excluding ortho intramolecular Hbond substituents is 1. The van der Waals surface area contributed by atoms with Crippen molar-refractivity contribution in [2.45, 2.75) is 31.1 Å². The summed E-state index contributed by atoms with van der Waals surface area (Å²) in [5.41, 5.74) is 5.13. The summed E-state index contributed by atoms with van der Waals surface area (Å²) in [4.78, 5) is 69.7. The molecule has 0 bridgehead atoms. The number of benzene rings is 3. The maximum atomic E-state index is 15.0. The number of nitrogens with zero attached hydrogens (tertiary/aromatic N) is 2. The van der Waals surface area contributed by atoms with Crippen LogP contribution in [0.1, 0.15) is 35.4 Å². The number of phenols is 1. The van der Waals surface area contributed by atoms with E-state index in [0.29, 0.717) is 21.7 Å². The van der Waals surface area contributed by atoms with Gasteiger partial charge in [0, 0.05) is 5.92 Å². The summed E-state index contributed by atoms with van der Waals surface area (Å²) in [5.74, 6) is -6.26. The SMILES string of the molecule is COC(=O)N1C(=O)[C@H]2[C@H](CC=C3[C@H]2C[C@H]2C(=O)N(Nc4ccc(C)cc4)C(=O)[C@@]2(c2ccccc2)[C@H]3c2cccc(O)c2)C1=O. The fourth-order valence-electron chi connectivity index (χ4n) is 8.10. The average molecular weight is 606 g/mol. The molecule has 0 radical (unpaired) electrons. The lowest BCUT2D eigenvalue weighted by Crippen LogP contribution is -2.53. The molecule has 10 nitrogen and oxygen atoms in total. The third-order valence-electron chi connectivity index (χ3n) is 9.95. The molecular formula is C35H31N3O7. The van der Waals surface area contributed by atoms with Crippen LogP contribution in [0.5, 0.6) is 5.75 Å². The number of aromatic hydroxyl groups is 1. The molecule has 5 amide bonds. The van der Waals surface area contributed by atoms with Crippen LogP contribution in [0.2, 0.25) is 0 Å². The molecule has 2 saturated heterocycles. The minimum absolute atomic E-state index is 0.0148. The number of carbonyl (C=O) groups excluding carboxylic acids is 5. The third kappa shape index (κ3) is 4.04. The van der Waals surface area contributed by atoms with Gasteiger partial charge in [-0.2, -0.15) is 9.91 Å². The van der Waals surface area contributed by atoms with Gasteiger partial charge in [0.05, 0.1) is 36.0 Å². The third-order valence-corrected chi connectivity index (χ3v) is 9.95. The molecule has 2 aliphatic heterocycles. The van der Waals surface area contributed by atoms with Crippen molar-refractivity contribution in [2.75, 3.05) is 12.5 Å². The van der Waals surface area contributed by atoms with E-state index >= 15 is 0 Å². The van der Waals surface area contributed by atoms with Crippen molar-refractivity contribution >= 4 is 35.4 Å². The normalized spacial score (nSPS) is 28.8. The summed E-state index contributed by atoms with van der Waals surface area (Å²) in [5, 5.41) is 11.7. The number of rotatable bonds is 4. The Hall–Kier alpha value is -5.25. The first-order valence-electron chi connectivity index (χ1n) is 14.9. The van der Waals surface area contributed by atoms with Gasteiger partial charge in [0.2, 0.25) is 11.8 Å². The first-order chi connectivity index (χ1) is 21.7. The molecule has 3 aromatic rings. The number of ether oxygens (including phenoxy) is 1. The minimum atomic E-state index is -1.44. The summed E-state index contributed by atoms with van der Waals surface area (Å²) in [7, 11) is 1.11. The number of anilines is 1. The van der Waals surface area contributed by atoms with Crippen LogP contribution >= 0.6 is 0 Å². The second-order valence-electron chi connectivity index (χ2n) is 12.2. The van der Waals surface area contributed by atoms with E-state index in [9.17, 15) is 29.1 Å². The van der Waals surface area contributed by atoms with Gasteiger partial charge in [-0.3, -0.25) is 24.6 Å². The molecule has 3 aromatic carbocycles. The topological polar surface area (TPSA) is 133 Å². The van der Waals surface area contributed by atoms with Crippen LogP contribution in [0.3, 0.4) is 0 Å². The molecule has 2 N–H and O–H groups in total. The Morgan fingerprint density at radius 3 is 2.33 bits per heavy atom. The molecule has 4 aliphatic rings. The number of hydrogen-bond donors (Lipinski definition) is 2. The van der Waals surface area contributed by atoms with Gasteiger partial charge in [-0.15, -0.1) is 0 Å². The average Bonchev–Trinajstić information content (AvgIpc) is 3.43. The Kier molecular flexibility index (Phi) is 6.61. The van der Waals surface area contributed by atoms with Gasteiger partial charge < -0.3 is 9.84 Å². The van der Waals surface area contributed by atoms with E-state index in [-0.39, 0.29) is 18.6 Å². The number of aryl methyl sites for hydroxylation is 1. The Labute approximate surface area is 259 Å². The molecule has 0 spiro atoms. The van der Waals surface area contributed by atoms with Gasteiger partial charge in [-0.25, -0.2) is 4.79 Å². The predicted octanol–water partition coefficient (Wildman–Crippen LogP) is 4.45. The maximum Gasteiger partial charge on any atom is 0.423 e. The van der Waals surface area contributed by atoms with Crippen molar-refractivity contribution in [2.24, 2.45) is 23.7 Å². The molecule has 0 unspecified atom stereocenters. The molecule has 45 heavy (non-hydrogen) atoms. The molecule has 3 fully saturated rings. The van der Waals surface area contributed by atoms with Crippen molar-refractivity contribution in [3.63, 3.8) is 0 Å². The smallest absolute Gasteiger partial charge is 0.423 e. The second-order valence-corrected chi connectivity index (χ2v) is 12.2. The lowest BCUT2D eigenvalue weighted by molar-refractivity contribution is -0.140. The summed E-state index contributed by atoms with van der Waals surface area (Å²) < 4.78 is 4.76. The molecule has 10 heteroatoms. The van der Waals surface area contributed by atoms with Crippen LogP contribution < -0.4 is 5.43 Å². The van der Waals surface area contributed by atoms with Crippen LogP contribution in [0.25, 0.3) is 0 Å². The number of amides is 5. The monoisotopic (exact) mass is 605 g/mol. The number of hydrazine groups is 1. The quantitative estimate of drug-likeness (QED) is 0.329. The lowest BCUT2D eigenvalue weighted by atomic mass is 9.49. The van der Waals surface area contributed by atoms with Crippen LogP contribution in [-0.2, 0) is 29.3 Å². The fourth-order valence-corrected chi connectivity index (χ4v) is 8.10. The van der Waals surface area contributed by atoms with Crippen LogP contribution in [0, 0.1) is 30.6 Å². The molecule has 0 aromatic heterocycles.